The molecule has 0 aliphatic rings. The van der Waals surface area contributed by atoms with Crippen LogP contribution in [0.3, 0.4) is 0 Å². The predicted molar refractivity (Wildman–Crippen MR) is 126 cm³/mol. The van der Waals surface area contributed by atoms with Crippen LogP contribution in [0.25, 0.3) is 0 Å². The highest BCUT2D eigenvalue weighted by Gasteiger charge is 2.26. The molecule has 4 nitrogen and oxygen atoms in total. The van der Waals surface area contributed by atoms with Gasteiger partial charge in [0.25, 0.3) is 0 Å². The van der Waals surface area contributed by atoms with Crippen molar-refractivity contribution in [2.45, 2.75) is 53.0 Å². The van der Waals surface area contributed by atoms with Gasteiger partial charge in [0.05, 0.1) is 5.75 Å². The van der Waals surface area contributed by atoms with E-state index in [1.807, 2.05) is 50.2 Å². The summed E-state index contributed by atoms with van der Waals surface area (Å²) >= 11 is 1.59. The van der Waals surface area contributed by atoms with Gasteiger partial charge in [0.2, 0.25) is 11.8 Å². The van der Waals surface area contributed by atoms with E-state index >= 15 is 0 Å². The van der Waals surface area contributed by atoms with Crippen molar-refractivity contribution in [2.24, 2.45) is 5.92 Å². The Labute approximate surface area is 185 Å². The third kappa shape index (κ3) is 7.52. The molecule has 0 saturated carbocycles. The summed E-state index contributed by atoms with van der Waals surface area (Å²) in [5.41, 5.74) is 4.67. The van der Waals surface area contributed by atoms with Crippen LogP contribution in [0.15, 0.2) is 48.5 Å². The molecule has 162 valence electrons. The Morgan fingerprint density at radius 3 is 2.30 bits per heavy atom. The van der Waals surface area contributed by atoms with Gasteiger partial charge in [-0.2, -0.15) is 0 Å². The van der Waals surface area contributed by atoms with Crippen LogP contribution in [0.2, 0.25) is 0 Å². The van der Waals surface area contributed by atoms with Crippen LogP contribution in [0.5, 0.6) is 0 Å². The molecule has 1 atom stereocenters. The van der Waals surface area contributed by atoms with Crippen LogP contribution in [0.1, 0.15) is 43.0 Å². The van der Waals surface area contributed by atoms with E-state index in [1.54, 1.807) is 16.7 Å². The van der Waals surface area contributed by atoms with Crippen LogP contribution >= 0.6 is 11.8 Å². The molecule has 0 aromatic heterocycles. The van der Waals surface area contributed by atoms with Gasteiger partial charge in [-0.1, -0.05) is 67.9 Å². The first-order valence-corrected chi connectivity index (χ1v) is 11.7. The zero-order chi connectivity index (χ0) is 22.1. The minimum atomic E-state index is -0.517. The summed E-state index contributed by atoms with van der Waals surface area (Å²) in [5, 5.41) is 2.96. The second kappa shape index (κ2) is 11.8. The zero-order valence-electron chi connectivity index (χ0n) is 18.8. The average molecular weight is 427 g/mol. The molecule has 2 rings (SSSR count). The fraction of sp³-hybridized carbons (Fsp3) is 0.440. The van der Waals surface area contributed by atoms with E-state index in [9.17, 15) is 9.59 Å². The second-order valence-electron chi connectivity index (χ2n) is 8.24. The van der Waals surface area contributed by atoms with E-state index in [2.05, 4.69) is 38.2 Å². The van der Waals surface area contributed by atoms with E-state index in [0.29, 0.717) is 24.8 Å². The molecule has 2 amide bonds. The zero-order valence-corrected chi connectivity index (χ0v) is 19.6. The maximum atomic E-state index is 13.1. The lowest BCUT2D eigenvalue weighted by molar-refractivity contribution is -0.138. The Morgan fingerprint density at radius 2 is 1.67 bits per heavy atom. The number of hydrogen-bond donors (Lipinski definition) is 1. The van der Waals surface area contributed by atoms with E-state index in [1.165, 1.54) is 16.7 Å². The summed E-state index contributed by atoms with van der Waals surface area (Å²) in [6.45, 7) is 11.1. The lowest BCUT2D eigenvalue weighted by atomic mass is 10.1. The van der Waals surface area contributed by atoms with Gasteiger partial charge < -0.3 is 10.2 Å². The molecule has 5 heteroatoms. The lowest BCUT2D eigenvalue weighted by Crippen LogP contribution is -2.48. The molecule has 30 heavy (non-hydrogen) atoms. The molecular weight excluding hydrogens is 392 g/mol. The van der Waals surface area contributed by atoms with Crippen LogP contribution in [-0.4, -0.2) is 35.1 Å². The molecule has 0 bridgehead atoms. The normalized spacial score (nSPS) is 11.9. The van der Waals surface area contributed by atoms with Crippen LogP contribution in [0, 0.1) is 19.8 Å². The topological polar surface area (TPSA) is 49.4 Å². The van der Waals surface area contributed by atoms with Crippen molar-refractivity contribution in [1.82, 2.24) is 10.2 Å². The van der Waals surface area contributed by atoms with Crippen LogP contribution in [0.4, 0.5) is 0 Å². The monoisotopic (exact) mass is 426 g/mol. The number of carbonyl (C=O) groups excluding carboxylic acids is 2. The summed E-state index contributed by atoms with van der Waals surface area (Å²) in [6.07, 6.45) is 0. The molecule has 0 spiro atoms. The van der Waals surface area contributed by atoms with Gasteiger partial charge in [-0.25, -0.2) is 0 Å². The van der Waals surface area contributed by atoms with Gasteiger partial charge in [0.15, 0.2) is 0 Å². The van der Waals surface area contributed by atoms with Crippen molar-refractivity contribution >= 4 is 23.6 Å². The molecular formula is C25H34N2O2S. The van der Waals surface area contributed by atoms with E-state index in [4.69, 9.17) is 0 Å². The number of nitrogens with zero attached hydrogens (tertiary/aromatic N) is 1. The number of thioether (sulfide) groups is 1. The fourth-order valence-corrected chi connectivity index (χ4v) is 4.01. The predicted octanol–water partition coefficient (Wildman–Crippen LogP) is 4.73. The van der Waals surface area contributed by atoms with Crippen LogP contribution in [-0.2, 0) is 21.9 Å². The Bertz CT molecular complexity index is 833. The quantitative estimate of drug-likeness (QED) is 0.598. The number of amides is 2. The lowest BCUT2D eigenvalue weighted by Gasteiger charge is -2.29. The van der Waals surface area contributed by atoms with Gasteiger partial charge in [-0.3, -0.25) is 9.59 Å². The molecule has 1 N–H and O–H groups in total. The first kappa shape index (κ1) is 24.0. The molecule has 2 aromatic rings. The number of carbonyl (C=O) groups is 2. The first-order valence-electron chi connectivity index (χ1n) is 10.5. The highest BCUT2D eigenvalue weighted by molar-refractivity contribution is 7.99. The van der Waals surface area contributed by atoms with Gasteiger partial charge in [0.1, 0.15) is 6.04 Å². The van der Waals surface area contributed by atoms with Crippen molar-refractivity contribution in [1.29, 1.82) is 0 Å². The third-order valence-corrected chi connectivity index (χ3v) is 6.04. The molecule has 0 aliphatic carbocycles. The summed E-state index contributed by atoms with van der Waals surface area (Å²) in [4.78, 5) is 27.5. The second-order valence-corrected chi connectivity index (χ2v) is 9.23. The first-order chi connectivity index (χ1) is 14.3. The standard InChI is InChI=1S/C25H34N2O2S/c1-18(2)14-26-25(29)21(5)27(15-22-12-10-19(3)11-13-22)24(28)17-30-16-23-9-7-6-8-20(23)4/h6-13,18,21H,14-17H2,1-5H3,(H,26,29). The van der Waals surface area contributed by atoms with Gasteiger partial charge in [-0.15, -0.1) is 11.8 Å². The molecule has 0 aliphatic heterocycles. The number of nitrogens with one attached hydrogen (secondary N) is 1. The maximum absolute atomic E-state index is 13.1. The molecule has 2 aromatic carbocycles. The fourth-order valence-electron chi connectivity index (χ4n) is 3.03. The Kier molecular flexibility index (Phi) is 9.44. The van der Waals surface area contributed by atoms with E-state index in [-0.39, 0.29) is 11.8 Å². The Morgan fingerprint density at radius 1 is 1.00 bits per heavy atom. The van der Waals surface area contributed by atoms with Crippen molar-refractivity contribution in [3.63, 3.8) is 0 Å². The molecule has 0 heterocycles. The molecule has 0 saturated heterocycles. The molecule has 0 fully saturated rings. The third-order valence-electron chi connectivity index (χ3n) is 5.07. The van der Waals surface area contributed by atoms with Crippen molar-refractivity contribution < 1.29 is 9.59 Å². The Balaban J connectivity index is 2.06. The SMILES string of the molecule is Cc1ccc(CN(C(=O)CSCc2ccccc2C)C(C)C(=O)NCC(C)C)cc1. The molecule has 0 radical (unpaired) electrons. The van der Waals surface area contributed by atoms with Gasteiger partial charge in [-0.05, 0) is 43.4 Å². The minimum Gasteiger partial charge on any atom is -0.354 e. The van der Waals surface area contributed by atoms with E-state index < -0.39 is 6.04 Å². The minimum absolute atomic E-state index is 0.0126. The van der Waals surface area contributed by atoms with E-state index in [0.717, 1.165) is 11.3 Å². The highest BCUT2D eigenvalue weighted by Crippen LogP contribution is 2.18. The highest BCUT2D eigenvalue weighted by atomic mass is 32.2. The summed E-state index contributed by atoms with van der Waals surface area (Å²) in [5.74, 6) is 1.38. The smallest absolute Gasteiger partial charge is 0.242 e. The summed E-state index contributed by atoms with van der Waals surface area (Å²) in [7, 11) is 0. The van der Waals surface area contributed by atoms with Crippen molar-refractivity contribution in [2.75, 3.05) is 12.3 Å². The molecule has 1 unspecified atom stereocenters. The van der Waals surface area contributed by atoms with Crippen molar-refractivity contribution in [3.8, 4) is 0 Å². The summed E-state index contributed by atoms with van der Waals surface area (Å²) in [6, 6.07) is 15.8. The number of aryl methyl sites for hydroxylation is 2. The summed E-state index contributed by atoms with van der Waals surface area (Å²) < 4.78 is 0. The maximum Gasteiger partial charge on any atom is 0.242 e. The number of rotatable bonds is 10. The van der Waals surface area contributed by atoms with Crippen LogP contribution < -0.4 is 5.32 Å². The number of benzene rings is 2. The number of hydrogen-bond acceptors (Lipinski definition) is 3. The van der Waals surface area contributed by atoms with Gasteiger partial charge >= 0.3 is 0 Å². The Hall–Kier alpha value is -2.27. The van der Waals surface area contributed by atoms with Crippen molar-refractivity contribution in [3.05, 3.63) is 70.8 Å². The van der Waals surface area contributed by atoms with Gasteiger partial charge in [0, 0.05) is 18.8 Å². The average Bonchev–Trinajstić information content (AvgIpc) is 2.72. The largest absolute Gasteiger partial charge is 0.354 e.